The van der Waals surface area contributed by atoms with E-state index in [4.69, 9.17) is 5.11 Å². The van der Waals surface area contributed by atoms with Crippen molar-refractivity contribution in [2.24, 2.45) is 0 Å². The second-order valence-corrected chi connectivity index (χ2v) is 10.4. The number of carboxylic acid groups (broad SMARTS) is 1. The van der Waals surface area contributed by atoms with Crippen LogP contribution in [0.15, 0.2) is 72.8 Å². The zero-order valence-corrected chi connectivity index (χ0v) is 22.6. The summed E-state index contributed by atoms with van der Waals surface area (Å²) in [5.74, 6) is -1.21. The van der Waals surface area contributed by atoms with E-state index in [0.717, 1.165) is 17.7 Å². The van der Waals surface area contributed by atoms with Gasteiger partial charge >= 0.3 is 12.1 Å². The van der Waals surface area contributed by atoms with E-state index in [0.29, 0.717) is 23.7 Å². The predicted molar refractivity (Wildman–Crippen MR) is 150 cm³/mol. The molecule has 2 N–H and O–H groups in total. The summed E-state index contributed by atoms with van der Waals surface area (Å²) < 4.78 is 39.0. The lowest BCUT2D eigenvalue weighted by atomic mass is 9.84. The molecule has 6 nitrogen and oxygen atoms in total. The molecule has 216 valence electrons. The molecule has 9 heteroatoms. The van der Waals surface area contributed by atoms with Crippen LogP contribution in [0.1, 0.15) is 81.8 Å². The number of hydrogen-bond donors (Lipinski definition) is 2. The molecule has 0 aliphatic heterocycles. The van der Waals surface area contributed by atoms with Gasteiger partial charge in [0.05, 0.1) is 18.5 Å². The Kier molecular flexibility index (Phi) is 9.81. The normalized spacial score (nSPS) is 13.9. The van der Waals surface area contributed by atoms with Crippen LogP contribution in [0.2, 0.25) is 0 Å². The van der Waals surface area contributed by atoms with E-state index in [1.165, 1.54) is 49.8 Å². The second kappa shape index (κ2) is 13.5. The van der Waals surface area contributed by atoms with Crippen molar-refractivity contribution < 1.29 is 32.7 Å². The highest BCUT2D eigenvalue weighted by molar-refractivity contribution is 5.99. The van der Waals surface area contributed by atoms with Gasteiger partial charge in [-0.2, -0.15) is 13.2 Å². The molecule has 1 amide bonds. The topological polar surface area (TPSA) is 86.7 Å². The number of amides is 1. The third-order valence-corrected chi connectivity index (χ3v) is 7.42. The van der Waals surface area contributed by atoms with Crippen molar-refractivity contribution in [1.82, 2.24) is 5.32 Å². The van der Waals surface area contributed by atoms with Gasteiger partial charge in [0.1, 0.15) is 0 Å². The third kappa shape index (κ3) is 8.42. The predicted octanol–water partition coefficient (Wildman–Crippen LogP) is 6.85. The number of benzene rings is 3. The fourth-order valence-electron chi connectivity index (χ4n) is 5.11. The van der Waals surface area contributed by atoms with Gasteiger partial charge in [0, 0.05) is 29.9 Å². The molecule has 0 saturated heterocycles. The van der Waals surface area contributed by atoms with E-state index < -0.39 is 23.6 Å². The summed E-state index contributed by atoms with van der Waals surface area (Å²) in [7, 11) is 0. The average molecular weight is 567 g/mol. The van der Waals surface area contributed by atoms with E-state index in [9.17, 15) is 27.6 Å². The van der Waals surface area contributed by atoms with E-state index in [2.05, 4.69) is 17.4 Å². The van der Waals surface area contributed by atoms with E-state index in [1.54, 1.807) is 24.3 Å². The maximum Gasteiger partial charge on any atom is 0.416 e. The van der Waals surface area contributed by atoms with E-state index >= 15 is 0 Å². The van der Waals surface area contributed by atoms with Crippen molar-refractivity contribution in [3.63, 3.8) is 0 Å². The number of carboxylic acids is 1. The Labute approximate surface area is 237 Å². The molecule has 1 saturated carbocycles. The van der Waals surface area contributed by atoms with Gasteiger partial charge in [-0.1, -0.05) is 55.7 Å². The van der Waals surface area contributed by atoms with Crippen LogP contribution in [0, 0.1) is 0 Å². The van der Waals surface area contributed by atoms with Gasteiger partial charge < -0.3 is 15.3 Å². The molecular weight excluding hydrogens is 533 g/mol. The Hall–Kier alpha value is -4.14. The zero-order chi connectivity index (χ0) is 29.4. The molecule has 1 aliphatic carbocycles. The lowest BCUT2D eigenvalue weighted by Crippen LogP contribution is -2.30. The van der Waals surface area contributed by atoms with Crippen molar-refractivity contribution in [3.8, 4) is 0 Å². The fraction of sp³-hybridized carbons (Fsp3) is 0.344. The summed E-state index contributed by atoms with van der Waals surface area (Å²) >= 11 is 0. The van der Waals surface area contributed by atoms with Gasteiger partial charge in [-0.25, -0.2) is 0 Å². The fourth-order valence-corrected chi connectivity index (χ4v) is 5.11. The van der Waals surface area contributed by atoms with Gasteiger partial charge in [-0.05, 0) is 66.3 Å². The first kappa shape index (κ1) is 29.8. The molecule has 0 heterocycles. The van der Waals surface area contributed by atoms with Crippen molar-refractivity contribution >= 4 is 23.3 Å². The molecule has 0 bridgehead atoms. The highest BCUT2D eigenvalue weighted by Gasteiger charge is 2.30. The Balaban J connectivity index is 1.52. The minimum Gasteiger partial charge on any atom is -0.481 e. The number of carbonyl (C=O) groups is 3. The molecule has 0 unspecified atom stereocenters. The molecule has 0 radical (unpaired) electrons. The van der Waals surface area contributed by atoms with Crippen LogP contribution in [-0.2, 0) is 17.5 Å². The number of ketones is 1. The molecule has 0 aromatic heterocycles. The average Bonchev–Trinajstić information content (AvgIpc) is 2.97. The first-order valence-corrected chi connectivity index (χ1v) is 13.7. The number of aliphatic carboxylic acids is 1. The summed E-state index contributed by atoms with van der Waals surface area (Å²) in [6, 6.07) is 19.1. The smallest absolute Gasteiger partial charge is 0.416 e. The molecule has 41 heavy (non-hydrogen) atoms. The molecular formula is C32H33F3N2O4. The van der Waals surface area contributed by atoms with Gasteiger partial charge in [0.2, 0.25) is 0 Å². The van der Waals surface area contributed by atoms with Gasteiger partial charge in [-0.3, -0.25) is 14.4 Å². The zero-order valence-electron chi connectivity index (χ0n) is 22.6. The SMILES string of the molecule is O=C(O)CCNC(=O)c1ccc(N(CC(=O)c2ccc(C(F)(F)F)cc2)Cc2ccc(C3CCCCC3)cc2)cc1. The first-order chi connectivity index (χ1) is 19.6. The lowest BCUT2D eigenvalue weighted by molar-refractivity contribution is -0.138. The summed E-state index contributed by atoms with van der Waals surface area (Å²) in [5, 5.41) is 11.3. The number of alkyl halides is 3. The van der Waals surface area contributed by atoms with Gasteiger partial charge in [0.25, 0.3) is 5.91 Å². The van der Waals surface area contributed by atoms with Crippen LogP contribution >= 0.6 is 0 Å². The van der Waals surface area contributed by atoms with Crippen molar-refractivity contribution in [3.05, 3.63) is 101 Å². The molecule has 3 aromatic carbocycles. The highest BCUT2D eigenvalue weighted by atomic mass is 19.4. The maximum atomic E-state index is 13.2. The molecule has 0 atom stereocenters. The van der Waals surface area contributed by atoms with Crippen molar-refractivity contribution in [1.29, 1.82) is 0 Å². The summed E-state index contributed by atoms with van der Waals surface area (Å²) in [5.41, 5.74) is 2.62. The molecule has 0 spiro atoms. The van der Waals surface area contributed by atoms with Crippen LogP contribution in [-0.4, -0.2) is 35.9 Å². The number of rotatable bonds is 11. The lowest BCUT2D eigenvalue weighted by Gasteiger charge is -2.26. The summed E-state index contributed by atoms with van der Waals surface area (Å²) in [6.45, 7) is 0.294. The number of nitrogens with one attached hydrogen (secondary N) is 1. The molecule has 4 rings (SSSR count). The summed E-state index contributed by atoms with van der Waals surface area (Å²) in [6.07, 6.45) is 1.44. The number of nitrogens with zero attached hydrogens (tertiary/aromatic N) is 1. The quantitative estimate of drug-likeness (QED) is 0.248. The van der Waals surface area contributed by atoms with E-state index in [1.807, 2.05) is 17.0 Å². The molecule has 1 aliphatic rings. The minimum atomic E-state index is -4.49. The third-order valence-electron chi connectivity index (χ3n) is 7.42. The monoisotopic (exact) mass is 566 g/mol. The maximum absolute atomic E-state index is 13.2. The van der Waals surface area contributed by atoms with Crippen molar-refractivity contribution in [2.45, 2.75) is 57.2 Å². The minimum absolute atomic E-state index is 0.000522. The largest absolute Gasteiger partial charge is 0.481 e. The van der Waals surface area contributed by atoms with Gasteiger partial charge in [0.15, 0.2) is 5.78 Å². The van der Waals surface area contributed by atoms with Crippen LogP contribution in [0.4, 0.5) is 18.9 Å². The number of halogens is 3. The summed E-state index contributed by atoms with van der Waals surface area (Å²) in [4.78, 5) is 38.0. The molecule has 1 fully saturated rings. The standard InChI is InChI=1S/C32H33F3N2O4/c33-32(34,35)27-14-10-25(11-15-27)29(38)21-37(20-22-6-8-24(9-7-22)23-4-2-1-3-5-23)28-16-12-26(13-17-28)31(41)36-19-18-30(39)40/h6-17,23H,1-5,18-21H2,(H,36,41)(H,39,40). The Morgan fingerprint density at radius 1 is 0.829 bits per heavy atom. The van der Waals surface area contributed by atoms with Crippen LogP contribution in [0.3, 0.4) is 0 Å². The van der Waals surface area contributed by atoms with Gasteiger partial charge in [-0.15, -0.1) is 0 Å². The Morgan fingerprint density at radius 2 is 1.44 bits per heavy atom. The Morgan fingerprint density at radius 3 is 2.02 bits per heavy atom. The Bertz CT molecular complexity index is 1330. The molecule has 3 aromatic rings. The van der Waals surface area contributed by atoms with E-state index in [-0.39, 0.29) is 30.9 Å². The van der Waals surface area contributed by atoms with Crippen LogP contribution < -0.4 is 10.2 Å². The first-order valence-electron chi connectivity index (χ1n) is 13.7. The number of anilines is 1. The highest BCUT2D eigenvalue weighted by Crippen LogP contribution is 2.33. The second-order valence-electron chi connectivity index (χ2n) is 10.4. The van der Waals surface area contributed by atoms with Crippen LogP contribution in [0.25, 0.3) is 0 Å². The van der Waals surface area contributed by atoms with Crippen molar-refractivity contribution in [2.75, 3.05) is 18.0 Å². The number of carbonyl (C=O) groups excluding carboxylic acids is 2. The van der Waals surface area contributed by atoms with Crippen LogP contribution in [0.5, 0.6) is 0 Å². The number of Topliss-reactive ketones (excluding diaryl/α,β-unsaturated/α-hetero) is 1. The number of hydrogen-bond acceptors (Lipinski definition) is 4.